The van der Waals surface area contributed by atoms with E-state index in [0.29, 0.717) is 29.0 Å². The van der Waals surface area contributed by atoms with Gasteiger partial charge in [-0.25, -0.2) is 8.42 Å². The Hall–Kier alpha value is -0.780. The third-order valence-corrected chi connectivity index (χ3v) is 6.27. The zero-order valence-electron chi connectivity index (χ0n) is 12.4. The van der Waals surface area contributed by atoms with E-state index < -0.39 is 9.84 Å². The molecule has 1 atom stereocenters. The van der Waals surface area contributed by atoms with Crippen molar-refractivity contribution in [1.82, 2.24) is 5.32 Å². The first kappa shape index (κ1) is 16.6. The predicted octanol–water partition coefficient (Wildman–Crippen LogP) is 2.65. The normalized spacial score (nSPS) is 20.1. The predicted molar refractivity (Wildman–Crippen MR) is 85.7 cm³/mol. The average molecular weight is 332 g/mol. The molecular formula is C15H22ClNO3S. The molecule has 1 aliphatic heterocycles. The molecule has 1 saturated heterocycles. The molecule has 1 fully saturated rings. The fraction of sp³-hybridized carbons (Fsp3) is 0.600. The largest absolute Gasteiger partial charge is 0.496 e. The van der Waals surface area contributed by atoms with E-state index in [-0.39, 0.29) is 6.04 Å². The molecule has 1 aromatic carbocycles. The van der Waals surface area contributed by atoms with Crippen LogP contribution in [0.1, 0.15) is 25.3 Å². The van der Waals surface area contributed by atoms with E-state index in [2.05, 4.69) is 12.2 Å². The molecule has 1 N–H and O–H groups in total. The molecule has 4 nitrogen and oxygen atoms in total. The number of rotatable bonds is 5. The number of hydrogen-bond acceptors (Lipinski definition) is 4. The summed E-state index contributed by atoms with van der Waals surface area (Å²) in [5, 5.41) is 4.13. The zero-order valence-corrected chi connectivity index (χ0v) is 14.0. The molecule has 0 aromatic heterocycles. The SMILES string of the molecule is COc1cccc(Cl)c1CNC(C)C1CCS(=O)(=O)CC1. The van der Waals surface area contributed by atoms with Crippen LogP contribution in [0, 0.1) is 5.92 Å². The highest BCUT2D eigenvalue weighted by molar-refractivity contribution is 7.91. The molecule has 1 aromatic rings. The number of ether oxygens (including phenoxy) is 1. The Morgan fingerprint density at radius 3 is 2.67 bits per heavy atom. The van der Waals surface area contributed by atoms with Crippen LogP contribution in [0.5, 0.6) is 5.75 Å². The van der Waals surface area contributed by atoms with Crippen LogP contribution >= 0.6 is 11.6 Å². The molecule has 118 valence electrons. The van der Waals surface area contributed by atoms with Gasteiger partial charge in [-0.3, -0.25) is 0 Å². The fourth-order valence-electron chi connectivity index (χ4n) is 2.74. The zero-order chi connectivity index (χ0) is 15.5. The van der Waals surface area contributed by atoms with Crippen LogP contribution in [-0.4, -0.2) is 33.1 Å². The molecule has 0 radical (unpaired) electrons. The first-order valence-corrected chi connectivity index (χ1v) is 9.38. The standard InChI is InChI=1S/C15H22ClNO3S/c1-11(12-6-8-21(18,19)9-7-12)17-10-13-14(16)4-3-5-15(13)20-2/h3-5,11-12,17H,6-10H2,1-2H3. The molecule has 0 bridgehead atoms. The van der Waals surface area contributed by atoms with Gasteiger partial charge in [-0.05, 0) is 37.8 Å². The smallest absolute Gasteiger partial charge is 0.150 e. The van der Waals surface area contributed by atoms with Gasteiger partial charge < -0.3 is 10.1 Å². The van der Waals surface area contributed by atoms with Crippen LogP contribution in [0.25, 0.3) is 0 Å². The molecule has 21 heavy (non-hydrogen) atoms. The van der Waals surface area contributed by atoms with E-state index in [4.69, 9.17) is 16.3 Å². The Kier molecular flexibility index (Phi) is 5.52. The van der Waals surface area contributed by atoms with Crippen molar-refractivity contribution in [2.45, 2.75) is 32.4 Å². The lowest BCUT2D eigenvalue weighted by molar-refractivity contribution is 0.341. The lowest BCUT2D eigenvalue weighted by Crippen LogP contribution is -2.38. The number of hydrogen-bond donors (Lipinski definition) is 1. The van der Waals surface area contributed by atoms with Crippen molar-refractivity contribution in [3.63, 3.8) is 0 Å². The minimum Gasteiger partial charge on any atom is -0.496 e. The van der Waals surface area contributed by atoms with Gasteiger partial charge in [0.1, 0.15) is 15.6 Å². The van der Waals surface area contributed by atoms with Gasteiger partial charge in [0.15, 0.2) is 0 Å². The Labute approximate surface area is 131 Å². The summed E-state index contributed by atoms with van der Waals surface area (Å²) in [5.74, 6) is 1.77. The van der Waals surface area contributed by atoms with Crippen LogP contribution in [0.4, 0.5) is 0 Å². The Morgan fingerprint density at radius 1 is 1.38 bits per heavy atom. The summed E-state index contributed by atoms with van der Waals surface area (Å²) in [6, 6.07) is 5.85. The first-order chi connectivity index (χ1) is 9.93. The van der Waals surface area contributed by atoms with Crippen molar-refractivity contribution >= 4 is 21.4 Å². The van der Waals surface area contributed by atoms with Crippen LogP contribution < -0.4 is 10.1 Å². The van der Waals surface area contributed by atoms with Crippen LogP contribution in [0.15, 0.2) is 18.2 Å². The molecule has 1 aliphatic rings. The molecule has 0 spiro atoms. The number of halogens is 1. The molecule has 0 saturated carbocycles. The number of benzene rings is 1. The van der Waals surface area contributed by atoms with E-state index in [9.17, 15) is 8.42 Å². The van der Waals surface area contributed by atoms with Crippen molar-refractivity contribution in [3.8, 4) is 5.75 Å². The van der Waals surface area contributed by atoms with Crippen LogP contribution in [-0.2, 0) is 16.4 Å². The highest BCUT2D eigenvalue weighted by Crippen LogP contribution is 2.27. The summed E-state index contributed by atoms with van der Waals surface area (Å²) in [5.41, 5.74) is 0.942. The Morgan fingerprint density at radius 2 is 2.05 bits per heavy atom. The highest BCUT2D eigenvalue weighted by atomic mass is 35.5. The Bertz CT molecular complexity index is 575. The number of methoxy groups -OCH3 is 1. The van der Waals surface area contributed by atoms with Gasteiger partial charge in [-0.15, -0.1) is 0 Å². The van der Waals surface area contributed by atoms with E-state index in [1.165, 1.54) is 0 Å². The monoisotopic (exact) mass is 331 g/mol. The molecule has 1 unspecified atom stereocenters. The topological polar surface area (TPSA) is 55.4 Å². The minimum absolute atomic E-state index is 0.251. The van der Waals surface area contributed by atoms with Gasteiger partial charge in [-0.2, -0.15) is 0 Å². The molecule has 6 heteroatoms. The first-order valence-electron chi connectivity index (χ1n) is 7.18. The van der Waals surface area contributed by atoms with E-state index in [1.807, 2.05) is 18.2 Å². The van der Waals surface area contributed by atoms with Crippen molar-refractivity contribution in [1.29, 1.82) is 0 Å². The second-order valence-electron chi connectivity index (χ2n) is 5.58. The summed E-state index contributed by atoms with van der Waals surface area (Å²) in [7, 11) is -1.17. The second-order valence-corrected chi connectivity index (χ2v) is 8.29. The van der Waals surface area contributed by atoms with Gasteiger partial charge in [-0.1, -0.05) is 17.7 Å². The van der Waals surface area contributed by atoms with Crippen LogP contribution in [0.2, 0.25) is 5.02 Å². The van der Waals surface area contributed by atoms with Gasteiger partial charge in [0.05, 0.1) is 18.6 Å². The third kappa shape index (κ3) is 4.34. The minimum atomic E-state index is -2.80. The summed E-state index contributed by atoms with van der Waals surface area (Å²) >= 11 is 6.22. The van der Waals surface area contributed by atoms with Crippen molar-refractivity contribution < 1.29 is 13.2 Å². The highest BCUT2D eigenvalue weighted by Gasteiger charge is 2.27. The average Bonchev–Trinajstić information content (AvgIpc) is 2.45. The van der Waals surface area contributed by atoms with Crippen molar-refractivity contribution in [3.05, 3.63) is 28.8 Å². The fourth-order valence-corrected chi connectivity index (χ4v) is 4.50. The van der Waals surface area contributed by atoms with Gasteiger partial charge in [0.25, 0.3) is 0 Å². The summed E-state index contributed by atoms with van der Waals surface area (Å²) in [6.07, 6.45) is 1.46. The van der Waals surface area contributed by atoms with E-state index in [0.717, 1.165) is 24.2 Å². The summed E-state index contributed by atoms with van der Waals surface area (Å²) < 4.78 is 28.3. The van der Waals surface area contributed by atoms with E-state index in [1.54, 1.807) is 7.11 Å². The molecule has 1 heterocycles. The third-order valence-electron chi connectivity index (χ3n) is 4.20. The maximum atomic E-state index is 11.5. The quantitative estimate of drug-likeness (QED) is 0.901. The second kappa shape index (κ2) is 6.99. The van der Waals surface area contributed by atoms with Crippen molar-refractivity contribution in [2.24, 2.45) is 5.92 Å². The van der Waals surface area contributed by atoms with Gasteiger partial charge in [0, 0.05) is 23.2 Å². The molecule has 0 amide bonds. The maximum Gasteiger partial charge on any atom is 0.150 e. The summed E-state index contributed by atoms with van der Waals surface area (Å²) in [6.45, 7) is 2.72. The van der Waals surface area contributed by atoms with Gasteiger partial charge >= 0.3 is 0 Å². The number of nitrogens with one attached hydrogen (secondary N) is 1. The molecule has 0 aliphatic carbocycles. The van der Waals surface area contributed by atoms with E-state index >= 15 is 0 Å². The summed E-state index contributed by atoms with van der Waals surface area (Å²) in [4.78, 5) is 0. The maximum absolute atomic E-state index is 11.5. The lowest BCUT2D eigenvalue weighted by Gasteiger charge is -2.28. The Balaban J connectivity index is 1.94. The number of sulfone groups is 1. The van der Waals surface area contributed by atoms with Crippen molar-refractivity contribution in [2.75, 3.05) is 18.6 Å². The molecular weight excluding hydrogens is 310 g/mol. The lowest BCUT2D eigenvalue weighted by atomic mass is 9.95. The van der Waals surface area contributed by atoms with Crippen LogP contribution in [0.3, 0.4) is 0 Å². The van der Waals surface area contributed by atoms with Gasteiger partial charge in [0.2, 0.25) is 0 Å². The molecule has 2 rings (SSSR count).